The van der Waals surface area contributed by atoms with Crippen LogP contribution in [0.2, 0.25) is 10.0 Å². The molecule has 0 heterocycles. The van der Waals surface area contributed by atoms with Crippen LogP contribution in [0.15, 0.2) is 72.8 Å². The van der Waals surface area contributed by atoms with Gasteiger partial charge in [0.25, 0.3) is 0 Å². The summed E-state index contributed by atoms with van der Waals surface area (Å²) in [5.41, 5.74) is 1.76. The first-order chi connectivity index (χ1) is 17.5. The van der Waals surface area contributed by atoms with Crippen molar-refractivity contribution >= 4 is 73.3 Å². The average molecular weight is 674 g/mol. The fraction of sp³-hybridized carbons (Fsp3) is 0.231. The van der Waals surface area contributed by atoms with Crippen LogP contribution in [-0.2, 0) is 32.6 Å². The van der Waals surface area contributed by atoms with E-state index >= 15 is 0 Å². The number of hydrogen-bond acceptors (Lipinski definition) is 4. The van der Waals surface area contributed by atoms with Crippen LogP contribution < -0.4 is 9.62 Å². The number of hydrogen-bond donors (Lipinski definition) is 1. The number of amides is 2. The van der Waals surface area contributed by atoms with Crippen LogP contribution in [0.25, 0.3) is 0 Å². The number of anilines is 1. The number of rotatable bonds is 10. The van der Waals surface area contributed by atoms with E-state index in [-0.39, 0.29) is 18.9 Å². The van der Waals surface area contributed by atoms with Gasteiger partial charge in [0.2, 0.25) is 21.8 Å². The summed E-state index contributed by atoms with van der Waals surface area (Å²) in [5, 5.41) is 3.40. The largest absolute Gasteiger partial charge is 0.357 e. The van der Waals surface area contributed by atoms with E-state index in [0.717, 1.165) is 19.7 Å². The van der Waals surface area contributed by atoms with Crippen molar-refractivity contribution in [3.05, 3.63) is 97.5 Å². The first-order valence-electron chi connectivity index (χ1n) is 11.2. The maximum atomic E-state index is 13.8. The normalized spacial score (nSPS) is 12.0. The van der Waals surface area contributed by atoms with Crippen LogP contribution in [0.5, 0.6) is 0 Å². The second-order valence-corrected chi connectivity index (χ2v) is 12.3. The molecule has 2 amide bonds. The minimum atomic E-state index is -3.82. The van der Waals surface area contributed by atoms with Gasteiger partial charge in [-0.1, -0.05) is 59.6 Å². The molecule has 3 aromatic carbocycles. The Morgan fingerprint density at radius 3 is 2.22 bits per heavy atom. The second kappa shape index (κ2) is 12.9. The molecule has 0 saturated carbocycles. The van der Waals surface area contributed by atoms with Crippen molar-refractivity contribution in [1.29, 1.82) is 0 Å². The molecular formula is C26H26Cl2IN3O4S. The summed E-state index contributed by atoms with van der Waals surface area (Å²) in [6, 6.07) is 20.0. The fourth-order valence-corrected chi connectivity index (χ4v) is 5.45. The number of halogens is 3. The van der Waals surface area contributed by atoms with Gasteiger partial charge in [-0.15, -0.1) is 0 Å². The topological polar surface area (TPSA) is 86.8 Å². The van der Waals surface area contributed by atoms with Crippen LogP contribution >= 0.6 is 45.8 Å². The van der Waals surface area contributed by atoms with E-state index in [0.29, 0.717) is 21.3 Å². The van der Waals surface area contributed by atoms with Crippen LogP contribution in [0.3, 0.4) is 0 Å². The standard InChI is InChI=1S/C26H26Cl2IN3O4S/c1-30-26(34)24(14-18-6-4-3-5-7-18)31(16-19-8-9-20(27)15-23(19)28)25(33)17-32(37(2,35)36)22-12-10-21(29)11-13-22/h3-13,15,24H,14,16-17H2,1-2H3,(H,30,34)/t24-/m0/s1. The zero-order valence-corrected chi connectivity index (χ0v) is 24.7. The zero-order chi connectivity index (χ0) is 27.2. The molecule has 0 saturated heterocycles. The summed E-state index contributed by atoms with van der Waals surface area (Å²) in [6.07, 6.45) is 1.26. The molecule has 1 atom stereocenters. The predicted octanol–water partition coefficient (Wildman–Crippen LogP) is 4.75. The molecule has 11 heteroatoms. The van der Waals surface area contributed by atoms with Gasteiger partial charge in [-0.2, -0.15) is 0 Å². The Hall–Kier alpha value is -2.34. The molecule has 1 N–H and O–H groups in total. The Morgan fingerprint density at radius 1 is 1.00 bits per heavy atom. The fourth-order valence-electron chi connectivity index (χ4n) is 3.78. The van der Waals surface area contributed by atoms with Gasteiger partial charge in [0, 0.05) is 33.6 Å². The minimum Gasteiger partial charge on any atom is -0.357 e. The number of carbonyl (C=O) groups excluding carboxylic acids is 2. The summed E-state index contributed by atoms with van der Waals surface area (Å²) in [5.74, 6) is -0.943. The van der Waals surface area contributed by atoms with Crippen molar-refractivity contribution in [1.82, 2.24) is 10.2 Å². The Balaban J connectivity index is 2.04. The van der Waals surface area contributed by atoms with E-state index in [1.807, 2.05) is 30.3 Å². The van der Waals surface area contributed by atoms with E-state index < -0.39 is 28.5 Å². The molecule has 0 aromatic heterocycles. The molecule has 0 aliphatic carbocycles. The summed E-state index contributed by atoms with van der Waals surface area (Å²) in [7, 11) is -2.32. The van der Waals surface area contributed by atoms with Crippen molar-refractivity contribution < 1.29 is 18.0 Å². The highest BCUT2D eigenvalue weighted by atomic mass is 127. The maximum Gasteiger partial charge on any atom is 0.244 e. The molecule has 0 spiro atoms. The van der Waals surface area contributed by atoms with E-state index in [4.69, 9.17) is 23.2 Å². The highest BCUT2D eigenvalue weighted by molar-refractivity contribution is 14.1. The van der Waals surface area contributed by atoms with Gasteiger partial charge in [0.15, 0.2) is 0 Å². The van der Waals surface area contributed by atoms with Crippen molar-refractivity contribution in [2.75, 3.05) is 24.2 Å². The van der Waals surface area contributed by atoms with E-state index in [1.165, 1.54) is 11.9 Å². The number of carbonyl (C=O) groups is 2. The smallest absolute Gasteiger partial charge is 0.244 e. The van der Waals surface area contributed by atoms with Crippen molar-refractivity contribution in [2.45, 2.75) is 19.0 Å². The lowest BCUT2D eigenvalue weighted by molar-refractivity contribution is -0.139. The molecule has 37 heavy (non-hydrogen) atoms. The van der Waals surface area contributed by atoms with Gasteiger partial charge < -0.3 is 10.2 Å². The molecule has 0 fully saturated rings. The highest BCUT2D eigenvalue weighted by Crippen LogP contribution is 2.25. The number of nitrogens with zero attached hydrogens (tertiary/aromatic N) is 2. The Kier molecular flexibility index (Phi) is 10.2. The predicted molar refractivity (Wildman–Crippen MR) is 156 cm³/mol. The van der Waals surface area contributed by atoms with Crippen LogP contribution in [0.1, 0.15) is 11.1 Å². The zero-order valence-electron chi connectivity index (χ0n) is 20.2. The summed E-state index contributed by atoms with van der Waals surface area (Å²) in [4.78, 5) is 28.3. The molecule has 196 valence electrons. The lowest BCUT2D eigenvalue weighted by Crippen LogP contribution is -2.52. The lowest BCUT2D eigenvalue weighted by Gasteiger charge is -2.33. The maximum absolute atomic E-state index is 13.8. The third kappa shape index (κ3) is 8.07. The molecule has 0 aliphatic rings. The molecule has 0 radical (unpaired) electrons. The second-order valence-electron chi connectivity index (χ2n) is 8.32. The Bertz CT molecular complexity index is 1360. The minimum absolute atomic E-state index is 0.0238. The molecule has 0 bridgehead atoms. The Labute approximate surface area is 240 Å². The number of sulfonamides is 1. The van der Waals surface area contributed by atoms with Crippen LogP contribution in [0.4, 0.5) is 5.69 Å². The highest BCUT2D eigenvalue weighted by Gasteiger charge is 2.33. The van der Waals surface area contributed by atoms with Crippen LogP contribution in [0, 0.1) is 3.57 Å². The number of benzene rings is 3. The average Bonchev–Trinajstić information content (AvgIpc) is 2.86. The molecule has 3 aromatic rings. The first-order valence-corrected chi connectivity index (χ1v) is 14.9. The molecule has 0 unspecified atom stereocenters. The van der Waals surface area contributed by atoms with Gasteiger partial charge in [0.1, 0.15) is 12.6 Å². The van der Waals surface area contributed by atoms with Gasteiger partial charge in [-0.05, 0) is 70.1 Å². The van der Waals surface area contributed by atoms with Gasteiger partial charge in [-0.25, -0.2) is 8.42 Å². The van der Waals surface area contributed by atoms with Crippen molar-refractivity contribution in [3.8, 4) is 0 Å². The SMILES string of the molecule is CNC(=O)[C@H](Cc1ccccc1)N(Cc1ccc(Cl)cc1Cl)C(=O)CN(c1ccc(I)cc1)S(C)(=O)=O. The summed E-state index contributed by atoms with van der Waals surface area (Å²) < 4.78 is 27.4. The first kappa shape index (κ1) is 29.2. The summed E-state index contributed by atoms with van der Waals surface area (Å²) >= 11 is 14.6. The van der Waals surface area contributed by atoms with E-state index in [1.54, 1.807) is 42.5 Å². The van der Waals surface area contributed by atoms with E-state index in [9.17, 15) is 18.0 Å². The molecular weight excluding hydrogens is 648 g/mol. The molecule has 7 nitrogen and oxygen atoms in total. The third-order valence-corrected chi connectivity index (χ3v) is 8.11. The lowest BCUT2D eigenvalue weighted by atomic mass is 10.0. The number of likely N-dealkylation sites (N-methyl/N-ethyl adjacent to an activating group) is 1. The number of nitrogens with one attached hydrogen (secondary N) is 1. The third-order valence-electron chi connectivity index (χ3n) is 5.67. The van der Waals surface area contributed by atoms with Crippen molar-refractivity contribution in [3.63, 3.8) is 0 Å². The van der Waals surface area contributed by atoms with E-state index in [2.05, 4.69) is 27.9 Å². The quantitative estimate of drug-likeness (QED) is 0.315. The monoisotopic (exact) mass is 673 g/mol. The van der Waals surface area contributed by atoms with Crippen LogP contribution in [-0.4, -0.2) is 51.0 Å². The summed E-state index contributed by atoms with van der Waals surface area (Å²) in [6.45, 7) is -0.517. The molecule has 0 aliphatic heterocycles. The van der Waals surface area contributed by atoms with Gasteiger partial charge in [-0.3, -0.25) is 13.9 Å². The van der Waals surface area contributed by atoms with Gasteiger partial charge in [0.05, 0.1) is 11.9 Å². The van der Waals surface area contributed by atoms with Gasteiger partial charge >= 0.3 is 0 Å². The van der Waals surface area contributed by atoms with Crippen molar-refractivity contribution in [2.24, 2.45) is 0 Å². The molecule has 3 rings (SSSR count). The Morgan fingerprint density at radius 2 is 1.65 bits per heavy atom.